The molecule has 0 saturated heterocycles. The van der Waals surface area contributed by atoms with E-state index in [1.54, 1.807) is 22.9 Å². The van der Waals surface area contributed by atoms with Gasteiger partial charge in [-0.25, -0.2) is 13.8 Å². The molecule has 202 valence electrons. The minimum Gasteiger partial charge on any atom is -0.494 e. The van der Waals surface area contributed by atoms with Crippen LogP contribution in [0.2, 0.25) is 0 Å². The fourth-order valence-corrected chi connectivity index (χ4v) is 4.09. The maximum absolute atomic E-state index is 14.1. The minimum atomic E-state index is -0.640. The SMILES string of the molecule is COc1cc2c(Oc3ccc(NC(=O)c4cn(C(C)C)cc(-c5ccc(F)cc5)c4=O)nc3)ccnc2cc1F. The average molecular weight is 543 g/mol. The van der Waals surface area contributed by atoms with Crippen LogP contribution in [-0.2, 0) is 0 Å². The van der Waals surface area contributed by atoms with Crippen LogP contribution < -0.4 is 20.2 Å². The van der Waals surface area contributed by atoms with E-state index in [0.717, 1.165) is 0 Å². The molecule has 0 aliphatic rings. The van der Waals surface area contributed by atoms with Crippen LogP contribution in [0.1, 0.15) is 30.2 Å². The smallest absolute Gasteiger partial charge is 0.262 e. The van der Waals surface area contributed by atoms with Crippen LogP contribution in [0.15, 0.2) is 84.2 Å². The highest BCUT2D eigenvalue weighted by molar-refractivity contribution is 6.04. The number of nitrogens with zero attached hydrogens (tertiary/aromatic N) is 3. The monoisotopic (exact) mass is 542 g/mol. The summed E-state index contributed by atoms with van der Waals surface area (Å²) in [6.07, 6.45) is 6.03. The number of aromatic nitrogens is 3. The molecule has 0 fully saturated rings. The largest absolute Gasteiger partial charge is 0.494 e. The van der Waals surface area contributed by atoms with Gasteiger partial charge in [-0.05, 0) is 55.8 Å². The van der Waals surface area contributed by atoms with Gasteiger partial charge in [-0.1, -0.05) is 12.1 Å². The molecule has 2 aromatic carbocycles. The molecular formula is C30H24F2N4O4. The third-order valence-electron chi connectivity index (χ3n) is 6.22. The lowest BCUT2D eigenvalue weighted by Gasteiger charge is -2.15. The number of rotatable bonds is 7. The topological polar surface area (TPSA) is 95.3 Å². The van der Waals surface area contributed by atoms with Crippen molar-refractivity contribution in [1.82, 2.24) is 14.5 Å². The van der Waals surface area contributed by atoms with Crippen LogP contribution in [0.3, 0.4) is 0 Å². The lowest BCUT2D eigenvalue weighted by Crippen LogP contribution is -2.25. The number of hydrogen-bond acceptors (Lipinski definition) is 6. The number of anilines is 1. The summed E-state index contributed by atoms with van der Waals surface area (Å²) in [7, 11) is 1.37. The van der Waals surface area contributed by atoms with Crippen LogP contribution in [0, 0.1) is 11.6 Å². The van der Waals surface area contributed by atoms with Crippen LogP contribution >= 0.6 is 0 Å². The number of amides is 1. The van der Waals surface area contributed by atoms with Gasteiger partial charge in [0.1, 0.15) is 28.7 Å². The van der Waals surface area contributed by atoms with Crippen LogP contribution in [0.5, 0.6) is 17.2 Å². The molecule has 0 spiro atoms. The van der Waals surface area contributed by atoms with Crippen molar-refractivity contribution < 1.29 is 23.0 Å². The molecule has 10 heteroatoms. The lowest BCUT2D eigenvalue weighted by atomic mass is 10.0. The summed E-state index contributed by atoms with van der Waals surface area (Å²) in [6.45, 7) is 3.83. The Bertz CT molecular complexity index is 1770. The molecule has 0 saturated carbocycles. The van der Waals surface area contributed by atoms with Gasteiger partial charge in [-0.2, -0.15) is 0 Å². The number of benzene rings is 2. The fourth-order valence-electron chi connectivity index (χ4n) is 4.09. The van der Waals surface area contributed by atoms with Crippen molar-refractivity contribution in [2.24, 2.45) is 0 Å². The molecule has 0 bridgehead atoms. The molecule has 0 atom stereocenters. The standard InChI is InChI=1S/C30H24F2N4O4/c1-17(2)36-15-22(18-4-6-19(31)7-5-18)29(37)23(16-36)30(38)35-28-9-8-20(14-34-28)40-26-10-11-33-25-13-24(32)27(39-3)12-21(25)26/h4-17H,1-3H3,(H,34,35,38). The molecule has 3 heterocycles. The van der Waals surface area contributed by atoms with E-state index in [-0.39, 0.29) is 28.7 Å². The van der Waals surface area contributed by atoms with Gasteiger partial charge in [0.05, 0.1) is 18.8 Å². The van der Waals surface area contributed by atoms with E-state index in [2.05, 4.69) is 15.3 Å². The first-order valence-corrected chi connectivity index (χ1v) is 12.3. The second-order valence-corrected chi connectivity index (χ2v) is 9.21. The fraction of sp³-hybridized carbons (Fsp3) is 0.133. The molecule has 3 aromatic heterocycles. The van der Waals surface area contributed by atoms with Gasteiger partial charge in [0, 0.05) is 41.6 Å². The van der Waals surface area contributed by atoms with Crippen LogP contribution in [-0.4, -0.2) is 27.6 Å². The first kappa shape index (κ1) is 26.5. The van der Waals surface area contributed by atoms with Crippen molar-refractivity contribution >= 4 is 22.6 Å². The van der Waals surface area contributed by atoms with Gasteiger partial charge >= 0.3 is 0 Å². The molecule has 0 radical (unpaired) electrons. The third kappa shape index (κ3) is 5.37. The zero-order chi connectivity index (χ0) is 28.4. The van der Waals surface area contributed by atoms with Gasteiger partial charge in [0.25, 0.3) is 5.91 Å². The van der Waals surface area contributed by atoms with Gasteiger partial charge in [0.15, 0.2) is 11.6 Å². The normalized spacial score (nSPS) is 11.1. The Kier molecular flexibility index (Phi) is 7.24. The summed E-state index contributed by atoms with van der Waals surface area (Å²) in [5, 5.41) is 3.19. The Morgan fingerprint density at radius 1 is 0.975 bits per heavy atom. The van der Waals surface area contributed by atoms with Crippen LogP contribution in [0.4, 0.5) is 14.6 Å². The molecule has 0 aliphatic carbocycles. The number of carbonyl (C=O) groups is 1. The Morgan fingerprint density at radius 3 is 2.42 bits per heavy atom. The molecule has 5 aromatic rings. The average Bonchev–Trinajstić information content (AvgIpc) is 2.94. The maximum atomic E-state index is 14.1. The van der Waals surface area contributed by atoms with Gasteiger partial charge in [0.2, 0.25) is 5.43 Å². The predicted octanol–water partition coefficient (Wildman–Crippen LogP) is 6.37. The molecule has 40 heavy (non-hydrogen) atoms. The summed E-state index contributed by atoms with van der Waals surface area (Å²) in [4.78, 5) is 34.8. The van der Waals surface area contributed by atoms with E-state index in [1.807, 2.05) is 13.8 Å². The number of fused-ring (bicyclic) bond motifs is 1. The van der Waals surface area contributed by atoms with E-state index in [1.165, 1.54) is 68.2 Å². The first-order valence-electron chi connectivity index (χ1n) is 12.3. The van der Waals surface area contributed by atoms with E-state index in [4.69, 9.17) is 9.47 Å². The van der Waals surface area contributed by atoms with E-state index in [0.29, 0.717) is 28.0 Å². The predicted molar refractivity (Wildman–Crippen MR) is 147 cm³/mol. The maximum Gasteiger partial charge on any atom is 0.262 e. The summed E-state index contributed by atoms with van der Waals surface area (Å²) in [5.74, 6) is -0.581. The summed E-state index contributed by atoms with van der Waals surface area (Å²) >= 11 is 0. The Morgan fingerprint density at radius 2 is 1.75 bits per heavy atom. The molecular weight excluding hydrogens is 518 g/mol. The number of pyridine rings is 3. The first-order chi connectivity index (χ1) is 19.2. The second kappa shape index (κ2) is 10.9. The van der Waals surface area contributed by atoms with Crippen molar-refractivity contribution in [3.05, 3.63) is 107 Å². The van der Waals surface area contributed by atoms with Crippen LogP contribution in [0.25, 0.3) is 22.0 Å². The van der Waals surface area contributed by atoms with E-state index < -0.39 is 23.0 Å². The number of halogens is 2. The quantitative estimate of drug-likeness (QED) is 0.257. The Balaban J connectivity index is 1.39. The Hall–Kier alpha value is -5.12. The molecule has 1 N–H and O–H groups in total. The molecule has 0 unspecified atom stereocenters. The third-order valence-corrected chi connectivity index (χ3v) is 6.22. The molecule has 5 rings (SSSR count). The van der Waals surface area contributed by atoms with Crippen molar-refractivity contribution in [1.29, 1.82) is 0 Å². The van der Waals surface area contributed by atoms with Crippen molar-refractivity contribution in [3.63, 3.8) is 0 Å². The highest BCUT2D eigenvalue weighted by Gasteiger charge is 2.18. The summed E-state index contributed by atoms with van der Waals surface area (Å²) in [6, 6.07) is 13.0. The Labute approximate surface area is 227 Å². The van der Waals surface area contributed by atoms with E-state index in [9.17, 15) is 18.4 Å². The van der Waals surface area contributed by atoms with Crippen molar-refractivity contribution in [3.8, 4) is 28.4 Å². The highest BCUT2D eigenvalue weighted by atomic mass is 19.1. The summed E-state index contributed by atoms with van der Waals surface area (Å²) in [5.41, 5.74) is 0.597. The number of methoxy groups -OCH3 is 1. The van der Waals surface area contributed by atoms with Gasteiger partial charge in [-0.15, -0.1) is 0 Å². The van der Waals surface area contributed by atoms with Gasteiger partial charge < -0.3 is 19.4 Å². The lowest BCUT2D eigenvalue weighted by molar-refractivity contribution is 0.102. The zero-order valence-corrected chi connectivity index (χ0v) is 21.8. The number of hydrogen-bond donors (Lipinski definition) is 1. The second-order valence-electron chi connectivity index (χ2n) is 9.21. The van der Waals surface area contributed by atoms with Crippen molar-refractivity contribution in [2.75, 3.05) is 12.4 Å². The van der Waals surface area contributed by atoms with Crippen molar-refractivity contribution in [2.45, 2.75) is 19.9 Å². The summed E-state index contributed by atoms with van der Waals surface area (Å²) < 4.78 is 40.3. The van der Waals surface area contributed by atoms with Gasteiger partial charge in [-0.3, -0.25) is 14.6 Å². The molecule has 0 aliphatic heterocycles. The molecule has 8 nitrogen and oxygen atoms in total. The number of carbonyl (C=O) groups excluding carboxylic acids is 1. The molecule has 1 amide bonds. The van der Waals surface area contributed by atoms with E-state index >= 15 is 0 Å². The number of nitrogens with one attached hydrogen (secondary N) is 1. The minimum absolute atomic E-state index is 0.0402. The zero-order valence-electron chi connectivity index (χ0n) is 21.8. The number of ether oxygens (including phenoxy) is 2. The highest BCUT2D eigenvalue weighted by Crippen LogP contribution is 2.33.